The molecule has 0 saturated carbocycles. The van der Waals surface area contributed by atoms with Gasteiger partial charge in [-0.3, -0.25) is 4.79 Å². The lowest BCUT2D eigenvalue weighted by molar-refractivity contribution is 0.0949. The summed E-state index contributed by atoms with van der Waals surface area (Å²) in [7, 11) is 0. The Hall–Kier alpha value is -2.05. The number of carbonyl (C=O) groups is 1. The van der Waals surface area contributed by atoms with Crippen molar-refractivity contribution in [1.29, 1.82) is 0 Å². The third-order valence-electron chi connectivity index (χ3n) is 4.50. The first-order valence-corrected chi connectivity index (χ1v) is 10.7. The molecule has 4 nitrogen and oxygen atoms in total. The van der Waals surface area contributed by atoms with Gasteiger partial charge >= 0.3 is 0 Å². The van der Waals surface area contributed by atoms with Crippen molar-refractivity contribution >= 4 is 28.6 Å². The van der Waals surface area contributed by atoms with Crippen molar-refractivity contribution in [3.63, 3.8) is 0 Å². The number of nitrogens with one attached hydrogen (secondary N) is 1. The highest BCUT2D eigenvalue weighted by Gasteiger charge is 2.15. The SMILES string of the molecule is O=C(NCCc1nc2c(s1)CCCC2)c1csc(Cc2ccccc2)n1. The van der Waals surface area contributed by atoms with Gasteiger partial charge < -0.3 is 5.32 Å². The topological polar surface area (TPSA) is 54.9 Å². The Bertz CT molecular complexity index is 862. The molecule has 1 aromatic carbocycles. The molecule has 6 heteroatoms. The molecular formula is C20H21N3OS2. The second kappa shape index (κ2) is 8.10. The maximum atomic E-state index is 12.3. The lowest BCUT2D eigenvalue weighted by atomic mass is 10.0. The summed E-state index contributed by atoms with van der Waals surface area (Å²) < 4.78 is 0. The number of rotatable bonds is 6. The number of fused-ring (bicyclic) bond motifs is 1. The van der Waals surface area contributed by atoms with Crippen molar-refractivity contribution in [3.05, 3.63) is 67.6 Å². The number of amides is 1. The highest BCUT2D eigenvalue weighted by atomic mass is 32.1. The molecule has 134 valence electrons. The van der Waals surface area contributed by atoms with Gasteiger partial charge in [-0.25, -0.2) is 9.97 Å². The molecule has 2 aromatic heterocycles. The number of hydrogen-bond acceptors (Lipinski definition) is 5. The van der Waals surface area contributed by atoms with Crippen LogP contribution < -0.4 is 5.32 Å². The average Bonchev–Trinajstić information content (AvgIpc) is 3.29. The smallest absolute Gasteiger partial charge is 0.270 e. The number of aromatic nitrogens is 2. The molecule has 3 aromatic rings. The number of carbonyl (C=O) groups excluding carboxylic acids is 1. The van der Waals surface area contributed by atoms with Crippen molar-refractivity contribution in [2.24, 2.45) is 0 Å². The van der Waals surface area contributed by atoms with E-state index >= 15 is 0 Å². The first-order chi connectivity index (χ1) is 12.8. The van der Waals surface area contributed by atoms with Crippen LogP contribution in [0.5, 0.6) is 0 Å². The second-order valence-electron chi connectivity index (χ2n) is 6.48. The first kappa shape index (κ1) is 17.4. The number of aryl methyl sites for hydroxylation is 2. The molecule has 0 fully saturated rings. The Labute approximate surface area is 161 Å². The Balaban J connectivity index is 1.29. The minimum Gasteiger partial charge on any atom is -0.350 e. The van der Waals surface area contributed by atoms with Crippen LogP contribution in [0.4, 0.5) is 0 Å². The molecule has 0 spiro atoms. The van der Waals surface area contributed by atoms with E-state index in [4.69, 9.17) is 4.98 Å². The fourth-order valence-corrected chi connectivity index (χ4v) is 5.12. The minimum atomic E-state index is -0.0955. The van der Waals surface area contributed by atoms with E-state index in [0.29, 0.717) is 12.2 Å². The molecule has 0 saturated heterocycles. The summed E-state index contributed by atoms with van der Waals surface area (Å²) in [6, 6.07) is 10.2. The molecule has 1 aliphatic carbocycles. The lowest BCUT2D eigenvalue weighted by Gasteiger charge is -2.06. The van der Waals surface area contributed by atoms with E-state index in [9.17, 15) is 4.79 Å². The van der Waals surface area contributed by atoms with Gasteiger partial charge in [0.05, 0.1) is 15.7 Å². The molecule has 1 N–H and O–H groups in total. The molecule has 0 bridgehead atoms. The maximum absolute atomic E-state index is 12.3. The van der Waals surface area contributed by atoms with Gasteiger partial charge in [0.15, 0.2) is 0 Å². The predicted octanol–water partition coefficient (Wildman–Crippen LogP) is 4.04. The predicted molar refractivity (Wildman–Crippen MR) is 106 cm³/mol. The summed E-state index contributed by atoms with van der Waals surface area (Å²) >= 11 is 3.35. The largest absolute Gasteiger partial charge is 0.350 e. The molecule has 1 amide bonds. The molecule has 4 rings (SSSR count). The fourth-order valence-electron chi connectivity index (χ4n) is 3.15. The summed E-state index contributed by atoms with van der Waals surface area (Å²) in [6.07, 6.45) is 6.38. The molecule has 26 heavy (non-hydrogen) atoms. The van der Waals surface area contributed by atoms with Gasteiger partial charge in [-0.15, -0.1) is 22.7 Å². The Morgan fingerprint density at radius 3 is 2.77 bits per heavy atom. The standard InChI is InChI=1S/C20H21N3OS2/c24-20(16-13-25-19(23-16)12-14-6-2-1-3-7-14)21-11-10-18-22-15-8-4-5-9-17(15)26-18/h1-3,6-7,13H,4-5,8-12H2,(H,21,24). The van der Waals surface area contributed by atoms with Crippen LogP contribution in [0.2, 0.25) is 0 Å². The van der Waals surface area contributed by atoms with Gasteiger partial charge in [-0.05, 0) is 31.2 Å². The molecule has 0 atom stereocenters. The van der Waals surface area contributed by atoms with E-state index in [2.05, 4.69) is 22.4 Å². The van der Waals surface area contributed by atoms with Crippen LogP contribution >= 0.6 is 22.7 Å². The zero-order chi connectivity index (χ0) is 17.8. The molecule has 1 aliphatic rings. The Morgan fingerprint density at radius 2 is 1.92 bits per heavy atom. The van der Waals surface area contributed by atoms with Gasteiger partial charge in [0, 0.05) is 29.6 Å². The van der Waals surface area contributed by atoms with Crippen LogP contribution in [-0.2, 0) is 25.7 Å². The van der Waals surface area contributed by atoms with Gasteiger partial charge in [-0.2, -0.15) is 0 Å². The van der Waals surface area contributed by atoms with E-state index < -0.39 is 0 Å². The first-order valence-electron chi connectivity index (χ1n) is 9.02. The molecule has 2 heterocycles. The van der Waals surface area contributed by atoms with Crippen LogP contribution in [-0.4, -0.2) is 22.4 Å². The summed E-state index contributed by atoms with van der Waals surface area (Å²) in [5.41, 5.74) is 3.01. The van der Waals surface area contributed by atoms with Crippen LogP contribution in [0.15, 0.2) is 35.7 Å². The van der Waals surface area contributed by atoms with Crippen molar-refractivity contribution in [3.8, 4) is 0 Å². The van der Waals surface area contributed by atoms with Crippen molar-refractivity contribution < 1.29 is 4.79 Å². The third kappa shape index (κ3) is 4.19. The summed E-state index contributed by atoms with van der Waals surface area (Å²) in [4.78, 5) is 23.0. The average molecular weight is 384 g/mol. The van der Waals surface area contributed by atoms with Gasteiger partial charge in [0.2, 0.25) is 0 Å². The zero-order valence-electron chi connectivity index (χ0n) is 14.5. The normalized spacial score (nSPS) is 13.4. The second-order valence-corrected chi connectivity index (χ2v) is 8.59. The number of nitrogens with zero attached hydrogens (tertiary/aromatic N) is 2. The fraction of sp³-hybridized carbons (Fsp3) is 0.350. The monoisotopic (exact) mass is 383 g/mol. The Kier molecular flexibility index (Phi) is 5.41. The molecule has 0 aliphatic heterocycles. The lowest BCUT2D eigenvalue weighted by Crippen LogP contribution is -2.26. The zero-order valence-corrected chi connectivity index (χ0v) is 16.2. The van der Waals surface area contributed by atoms with E-state index in [1.807, 2.05) is 34.9 Å². The molecule has 0 radical (unpaired) electrons. The van der Waals surface area contributed by atoms with Crippen molar-refractivity contribution in [2.45, 2.75) is 38.5 Å². The Morgan fingerprint density at radius 1 is 1.08 bits per heavy atom. The minimum absolute atomic E-state index is 0.0955. The van der Waals surface area contributed by atoms with E-state index in [1.54, 1.807) is 0 Å². The summed E-state index contributed by atoms with van der Waals surface area (Å²) in [5, 5.41) is 6.93. The van der Waals surface area contributed by atoms with E-state index in [0.717, 1.165) is 29.3 Å². The highest BCUT2D eigenvalue weighted by Crippen LogP contribution is 2.26. The van der Waals surface area contributed by atoms with Crippen molar-refractivity contribution in [2.75, 3.05) is 6.54 Å². The number of benzene rings is 1. The third-order valence-corrected chi connectivity index (χ3v) is 6.56. The number of thiazole rings is 2. The van der Waals surface area contributed by atoms with Crippen molar-refractivity contribution in [1.82, 2.24) is 15.3 Å². The van der Waals surface area contributed by atoms with Crippen LogP contribution in [0.1, 0.15) is 49.5 Å². The molecule has 0 unspecified atom stereocenters. The van der Waals surface area contributed by atoms with Crippen LogP contribution in [0.3, 0.4) is 0 Å². The summed E-state index contributed by atoms with van der Waals surface area (Å²) in [6.45, 7) is 0.608. The number of hydrogen-bond donors (Lipinski definition) is 1. The quantitative estimate of drug-likeness (QED) is 0.699. The van der Waals surface area contributed by atoms with Crippen LogP contribution in [0.25, 0.3) is 0 Å². The van der Waals surface area contributed by atoms with Crippen LogP contribution in [0, 0.1) is 0 Å². The van der Waals surface area contributed by atoms with Gasteiger partial charge in [0.25, 0.3) is 5.91 Å². The van der Waals surface area contributed by atoms with E-state index in [-0.39, 0.29) is 5.91 Å². The highest BCUT2D eigenvalue weighted by molar-refractivity contribution is 7.11. The van der Waals surface area contributed by atoms with Gasteiger partial charge in [0.1, 0.15) is 5.69 Å². The van der Waals surface area contributed by atoms with Gasteiger partial charge in [-0.1, -0.05) is 30.3 Å². The van der Waals surface area contributed by atoms with E-state index in [1.165, 1.54) is 46.7 Å². The summed E-state index contributed by atoms with van der Waals surface area (Å²) in [5.74, 6) is -0.0955. The molecular weight excluding hydrogens is 362 g/mol. The maximum Gasteiger partial charge on any atom is 0.270 e.